The Morgan fingerprint density at radius 3 is 2.68 bits per heavy atom. The molecule has 3 nitrogen and oxygen atoms in total. The number of rotatable bonds is 2. The van der Waals surface area contributed by atoms with Crippen molar-refractivity contribution in [3.8, 4) is 0 Å². The molecule has 0 bridgehead atoms. The molecule has 2 aromatic carbocycles. The molecular weight excluding hydrogens is 250 g/mol. The Morgan fingerprint density at radius 2 is 1.89 bits per heavy atom. The zero-order valence-electron chi connectivity index (χ0n) is 9.86. The summed E-state index contributed by atoms with van der Waals surface area (Å²) >= 11 is 0. The predicted octanol–water partition coefficient (Wildman–Crippen LogP) is 2.66. The van der Waals surface area contributed by atoms with Gasteiger partial charge >= 0.3 is 0 Å². The van der Waals surface area contributed by atoms with Gasteiger partial charge < -0.3 is 0 Å². The smallest absolute Gasteiger partial charge is 0.271 e. The quantitative estimate of drug-likeness (QED) is 0.755. The third kappa shape index (κ3) is 2.03. The first kappa shape index (κ1) is 11.6. The maximum Gasteiger partial charge on any atom is 0.271 e. The van der Waals surface area contributed by atoms with E-state index in [-0.39, 0.29) is 12.1 Å². The second-order valence-corrected chi connectivity index (χ2v) is 4.28. The van der Waals surface area contributed by atoms with Gasteiger partial charge in [0, 0.05) is 11.6 Å². The minimum absolute atomic E-state index is 0.148. The van der Waals surface area contributed by atoms with E-state index in [1.54, 1.807) is 28.9 Å². The molecule has 0 atom stereocenters. The number of H-pyrrole nitrogens is 1. The third-order valence-corrected chi connectivity index (χ3v) is 3.02. The Morgan fingerprint density at radius 1 is 1.11 bits per heavy atom. The standard InChI is InChI=1S/C14H10F2N2O/c15-10-6-5-9(12(16)7-10)8-18-13-4-2-1-3-11(13)14(19)17-18/h1-7H,8H2,(H,17,19). The van der Waals surface area contributed by atoms with Crippen LogP contribution < -0.4 is 5.56 Å². The lowest BCUT2D eigenvalue weighted by molar-refractivity contribution is 0.560. The van der Waals surface area contributed by atoms with E-state index in [9.17, 15) is 13.6 Å². The summed E-state index contributed by atoms with van der Waals surface area (Å²) in [6.45, 7) is 0.148. The van der Waals surface area contributed by atoms with Gasteiger partial charge in [-0.05, 0) is 18.2 Å². The van der Waals surface area contributed by atoms with Gasteiger partial charge in [-0.2, -0.15) is 0 Å². The number of nitrogens with zero attached hydrogens (tertiary/aromatic N) is 1. The fraction of sp³-hybridized carbons (Fsp3) is 0.0714. The number of fused-ring (bicyclic) bond motifs is 1. The summed E-state index contributed by atoms with van der Waals surface area (Å²) < 4.78 is 28.0. The molecule has 19 heavy (non-hydrogen) atoms. The first-order chi connectivity index (χ1) is 9.15. The zero-order chi connectivity index (χ0) is 13.4. The minimum atomic E-state index is -0.626. The molecule has 0 aliphatic rings. The van der Waals surface area contributed by atoms with Crippen LogP contribution in [0.4, 0.5) is 8.78 Å². The minimum Gasteiger partial charge on any atom is -0.280 e. The van der Waals surface area contributed by atoms with Crippen molar-refractivity contribution in [2.75, 3.05) is 0 Å². The van der Waals surface area contributed by atoms with Crippen molar-refractivity contribution in [1.82, 2.24) is 9.78 Å². The Bertz CT molecular complexity index is 805. The number of hydrogen-bond donors (Lipinski definition) is 1. The fourth-order valence-corrected chi connectivity index (χ4v) is 2.09. The first-order valence-electron chi connectivity index (χ1n) is 5.76. The zero-order valence-corrected chi connectivity index (χ0v) is 9.86. The van der Waals surface area contributed by atoms with Gasteiger partial charge in [-0.15, -0.1) is 0 Å². The summed E-state index contributed by atoms with van der Waals surface area (Å²) in [7, 11) is 0. The molecule has 0 saturated heterocycles. The third-order valence-electron chi connectivity index (χ3n) is 3.02. The molecule has 1 N–H and O–H groups in total. The molecule has 0 radical (unpaired) electrons. The second-order valence-electron chi connectivity index (χ2n) is 4.28. The lowest BCUT2D eigenvalue weighted by atomic mass is 10.2. The Labute approximate surface area is 107 Å². The Kier molecular flexibility index (Phi) is 2.67. The van der Waals surface area contributed by atoms with Crippen LogP contribution in [0.2, 0.25) is 0 Å². The molecule has 0 saturated carbocycles. The van der Waals surface area contributed by atoms with E-state index in [2.05, 4.69) is 5.10 Å². The number of aromatic nitrogens is 2. The Balaban J connectivity index is 2.08. The van der Waals surface area contributed by atoms with E-state index in [1.807, 2.05) is 0 Å². The number of halogens is 2. The molecule has 3 aromatic rings. The first-order valence-corrected chi connectivity index (χ1v) is 5.76. The van der Waals surface area contributed by atoms with E-state index in [0.29, 0.717) is 16.5 Å². The van der Waals surface area contributed by atoms with Crippen molar-refractivity contribution in [3.63, 3.8) is 0 Å². The van der Waals surface area contributed by atoms with Gasteiger partial charge in [0.1, 0.15) is 11.6 Å². The fourth-order valence-electron chi connectivity index (χ4n) is 2.09. The van der Waals surface area contributed by atoms with Gasteiger partial charge in [-0.3, -0.25) is 14.6 Å². The van der Waals surface area contributed by atoms with Crippen molar-refractivity contribution >= 4 is 10.9 Å². The van der Waals surface area contributed by atoms with Crippen LogP contribution >= 0.6 is 0 Å². The van der Waals surface area contributed by atoms with Gasteiger partial charge in [0.2, 0.25) is 0 Å². The normalized spacial score (nSPS) is 11.1. The SMILES string of the molecule is O=c1[nH]n(Cc2ccc(F)cc2F)c2ccccc12. The van der Waals surface area contributed by atoms with Gasteiger partial charge in [0.15, 0.2) is 0 Å². The van der Waals surface area contributed by atoms with Crippen LogP contribution in [-0.2, 0) is 6.54 Å². The van der Waals surface area contributed by atoms with Gasteiger partial charge in [-0.1, -0.05) is 18.2 Å². The molecule has 0 aliphatic heterocycles. The maximum atomic E-state index is 13.6. The van der Waals surface area contributed by atoms with Crippen LogP contribution in [0, 0.1) is 11.6 Å². The van der Waals surface area contributed by atoms with E-state index >= 15 is 0 Å². The van der Waals surface area contributed by atoms with E-state index in [1.165, 1.54) is 12.1 Å². The van der Waals surface area contributed by atoms with Crippen molar-refractivity contribution in [2.45, 2.75) is 6.54 Å². The van der Waals surface area contributed by atoms with Crippen LogP contribution in [0.1, 0.15) is 5.56 Å². The van der Waals surface area contributed by atoms with E-state index in [4.69, 9.17) is 0 Å². The highest BCUT2D eigenvalue weighted by atomic mass is 19.1. The highest BCUT2D eigenvalue weighted by Crippen LogP contribution is 2.14. The van der Waals surface area contributed by atoms with E-state index in [0.717, 1.165) is 6.07 Å². The predicted molar refractivity (Wildman–Crippen MR) is 68.0 cm³/mol. The van der Waals surface area contributed by atoms with Crippen molar-refractivity contribution < 1.29 is 8.78 Å². The largest absolute Gasteiger partial charge is 0.280 e. The molecule has 0 fully saturated rings. The number of benzene rings is 2. The molecule has 0 amide bonds. The molecular formula is C14H10F2N2O. The molecule has 3 rings (SSSR count). The highest BCUT2D eigenvalue weighted by molar-refractivity contribution is 5.78. The second kappa shape index (κ2) is 4.35. The topological polar surface area (TPSA) is 37.8 Å². The summed E-state index contributed by atoms with van der Waals surface area (Å²) in [5.41, 5.74) is 0.785. The molecule has 1 heterocycles. The maximum absolute atomic E-state index is 13.6. The summed E-state index contributed by atoms with van der Waals surface area (Å²) in [6, 6.07) is 10.4. The number of aromatic amines is 1. The molecule has 0 aliphatic carbocycles. The molecule has 0 spiro atoms. The van der Waals surface area contributed by atoms with Crippen LogP contribution in [0.5, 0.6) is 0 Å². The molecule has 5 heteroatoms. The van der Waals surface area contributed by atoms with Gasteiger partial charge in [0.25, 0.3) is 5.56 Å². The van der Waals surface area contributed by atoms with Gasteiger partial charge in [0.05, 0.1) is 17.4 Å². The average Bonchev–Trinajstić information content (AvgIpc) is 2.71. The van der Waals surface area contributed by atoms with Crippen molar-refractivity contribution in [2.24, 2.45) is 0 Å². The Hall–Kier alpha value is -2.43. The van der Waals surface area contributed by atoms with Crippen molar-refractivity contribution in [1.29, 1.82) is 0 Å². The lowest BCUT2D eigenvalue weighted by Gasteiger charge is -2.06. The van der Waals surface area contributed by atoms with Crippen LogP contribution in [0.3, 0.4) is 0 Å². The highest BCUT2D eigenvalue weighted by Gasteiger charge is 2.09. The van der Waals surface area contributed by atoms with Crippen LogP contribution in [0.15, 0.2) is 47.3 Å². The van der Waals surface area contributed by atoms with Gasteiger partial charge in [-0.25, -0.2) is 8.78 Å². The number of para-hydroxylation sites is 1. The molecule has 1 aromatic heterocycles. The molecule has 0 unspecified atom stereocenters. The monoisotopic (exact) mass is 260 g/mol. The average molecular weight is 260 g/mol. The van der Waals surface area contributed by atoms with Crippen LogP contribution in [0.25, 0.3) is 10.9 Å². The lowest BCUT2D eigenvalue weighted by Crippen LogP contribution is -2.08. The summed E-state index contributed by atoms with van der Waals surface area (Å²) in [4.78, 5) is 11.7. The summed E-state index contributed by atoms with van der Waals surface area (Å²) in [6.07, 6.45) is 0. The van der Waals surface area contributed by atoms with Crippen molar-refractivity contribution in [3.05, 3.63) is 70.0 Å². The van der Waals surface area contributed by atoms with E-state index < -0.39 is 11.6 Å². The number of hydrogen-bond acceptors (Lipinski definition) is 1. The van der Waals surface area contributed by atoms with Crippen LogP contribution in [-0.4, -0.2) is 9.78 Å². The summed E-state index contributed by atoms with van der Waals surface area (Å²) in [5, 5.41) is 3.19. The number of nitrogens with one attached hydrogen (secondary N) is 1. The molecule has 96 valence electrons. The summed E-state index contributed by atoms with van der Waals surface area (Å²) in [5.74, 6) is -1.24.